The van der Waals surface area contributed by atoms with Gasteiger partial charge >= 0.3 is 5.97 Å². The fourth-order valence-electron chi connectivity index (χ4n) is 2.95. The Kier molecular flexibility index (Phi) is 4.76. The number of rotatable bonds is 3. The van der Waals surface area contributed by atoms with Crippen molar-refractivity contribution in [1.29, 1.82) is 0 Å². The lowest BCUT2D eigenvalue weighted by Crippen LogP contribution is -2.49. The molecule has 19 heavy (non-hydrogen) atoms. The third-order valence-corrected chi connectivity index (χ3v) is 3.92. The van der Waals surface area contributed by atoms with Crippen LogP contribution in [0.25, 0.3) is 0 Å². The quantitative estimate of drug-likeness (QED) is 0.764. The number of nitrogens with two attached hydrogens (primary N) is 1. The van der Waals surface area contributed by atoms with E-state index in [4.69, 9.17) is 15.6 Å². The molecule has 0 spiro atoms. The second-order valence-electron chi connectivity index (χ2n) is 5.50. The molecule has 1 saturated heterocycles. The van der Waals surface area contributed by atoms with Gasteiger partial charge in [-0.15, -0.1) is 0 Å². The summed E-state index contributed by atoms with van der Waals surface area (Å²) in [4.78, 5) is 24.8. The van der Waals surface area contributed by atoms with Crippen LogP contribution in [0.2, 0.25) is 0 Å². The fraction of sp³-hybridized carbons (Fsp3) is 0.846. The monoisotopic (exact) mass is 270 g/mol. The van der Waals surface area contributed by atoms with Gasteiger partial charge in [0.15, 0.2) is 0 Å². The van der Waals surface area contributed by atoms with Gasteiger partial charge in [0.25, 0.3) is 0 Å². The average Bonchev–Trinajstić information content (AvgIpc) is 2.37. The third kappa shape index (κ3) is 3.91. The summed E-state index contributed by atoms with van der Waals surface area (Å²) in [6, 6.07) is 0.124. The fourth-order valence-corrected chi connectivity index (χ4v) is 2.95. The number of aliphatic carboxylic acids is 1. The number of carbonyl (C=O) groups excluding carboxylic acids is 1. The van der Waals surface area contributed by atoms with Crippen LogP contribution in [0.4, 0.5) is 0 Å². The molecule has 1 aliphatic heterocycles. The van der Waals surface area contributed by atoms with Crippen LogP contribution in [0.5, 0.6) is 0 Å². The van der Waals surface area contributed by atoms with Crippen LogP contribution >= 0.6 is 0 Å². The minimum atomic E-state index is -0.890. The maximum absolute atomic E-state index is 12.4. The predicted molar refractivity (Wildman–Crippen MR) is 68.5 cm³/mol. The first-order chi connectivity index (χ1) is 9.06. The summed E-state index contributed by atoms with van der Waals surface area (Å²) in [5.41, 5.74) is 5.91. The summed E-state index contributed by atoms with van der Waals surface area (Å²) >= 11 is 0. The molecule has 0 bridgehead atoms. The Labute approximate surface area is 112 Å². The molecular weight excluding hydrogens is 248 g/mol. The Bertz CT molecular complexity index is 348. The van der Waals surface area contributed by atoms with E-state index in [0.29, 0.717) is 19.7 Å². The van der Waals surface area contributed by atoms with E-state index < -0.39 is 5.97 Å². The van der Waals surface area contributed by atoms with Gasteiger partial charge in [-0.05, 0) is 19.3 Å². The van der Waals surface area contributed by atoms with Crippen LogP contribution in [-0.2, 0) is 14.3 Å². The van der Waals surface area contributed by atoms with E-state index in [1.54, 1.807) is 4.90 Å². The Morgan fingerprint density at radius 1 is 1.37 bits per heavy atom. The third-order valence-electron chi connectivity index (χ3n) is 3.92. The van der Waals surface area contributed by atoms with Gasteiger partial charge in [0.05, 0.1) is 19.1 Å². The number of carboxylic acids is 1. The molecule has 1 saturated carbocycles. The lowest BCUT2D eigenvalue weighted by atomic mass is 9.85. The highest BCUT2D eigenvalue weighted by atomic mass is 16.5. The molecule has 3 unspecified atom stereocenters. The van der Waals surface area contributed by atoms with Crippen LogP contribution in [0, 0.1) is 5.92 Å². The molecule has 3 atom stereocenters. The first-order valence-electron chi connectivity index (χ1n) is 6.94. The zero-order valence-electron chi connectivity index (χ0n) is 11.1. The van der Waals surface area contributed by atoms with Gasteiger partial charge in [-0.1, -0.05) is 6.42 Å². The normalized spacial score (nSPS) is 32.1. The highest BCUT2D eigenvalue weighted by Gasteiger charge is 2.32. The summed E-state index contributed by atoms with van der Waals surface area (Å²) in [5.74, 6) is -0.764. The van der Waals surface area contributed by atoms with Gasteiger partial charge in [-0.2, -0.15) is 0 Å². The van der Waals surface area contributed by atoms with Crippen molar-refractivity contribution < 1.29 is 19.4 Å². The van der Waals surface area contributed by atoms with Crippen LogP contribution in [0.15, 0.2) is 0 Å². The summed E-state index contributed by atoms with van der Waals surface area (Å²) in [7, 11) is 0. The molecule has 1 heterocycles. The van der Waals surface area contributed by atoms with E-state index >= 15 is 0 Å². The standard InChI is InChI=1S/C13H22N2O4/c14-10-3-1-2-9(6-10)13(18)15-4-5-19-11(8-15)7-12(16)17/h9-11H,1-8,14H2,(H,16,17). The first-order valence-corrected chi connectivity index (χ1v) is 6.94. The van der Waals surface area contributed by atoms with Gasteiger partial charge in [0, 0.05) is 25.0 Å². The van der Waals surface area contributed by atoms with Crippen molar-refractivity contribution in [3.63, 3.8) is 0 Å². The molecule has 0 aromatic heterocycles. The van der Waals surface area contributed by atoms with Crippen molar-refractivity contribution in [2.24, 2.45) is 11.7 Å². The maximum atomic E-state index is 12.4. The van der Waals surface area contributed by atoms with Crippen LogP contribution in [0.3, 0.4) is 0 Å². The minimum Gasteiger partial charge on any atom is -0.481 e. The average molecular weight is 270 g/mol. The van der Waals surface area contributed by atoms with Crippen LogP contribution < -0.4 is 5.73 Å². The Hall–Kier alpha value is -1.14. The SMILES string of the molecule is NC1CCCC(C(=O)N2CCOC(CC(=O)O)C2)C1. The van der Waals surface area contributed by atoms with E-state index in [2.05, 4.69) is 0 Å². The predicted octanol–water partition coefficient (Wildman–Crippen LogP) is 0.206. The summed E-state index contributed by atoms with van der Waals surface area (Å²) in [6.45, 7) is 1.36. The molecule has 0 aromatic carbocycles. The summed E-state index contributed by atoms with van der Waals surface area (Å²) in [5, 5.41) is 8.77. The minimum absolute atomic E-state index is 0.00679. The highest BCUT2D eigenvalue weighted by molar-refractivity contribution is 5.79. The summed E-state index contributed by atoms with van der Waals surface area (Å²) < 4.78 is 5.38. The molecule has 1 amide bonds. The van der Waals surface area contributed by atoms with Gasteiger partial charge in [-0.25, -0.2) is 0 Å². The zero-order chi connectivity index (χ0) is 13.8. The van der Waals surface area contributed by atoms with E-state index in [-0.39, 0.29) is 30.4 Å². The number of hydrogen-bond acceptors (Lipinski definition) is 4. The number of carboxylic acid groups (broad SMARTS) is 1. The maximum Gasteiger partial charge on any atom is 0.306 e. The van der Waals surface area contributed by atoms with Gasteiger partial charge in [-0.3, -0.25) is 9.59 Å². The van der Waals surface area contributed by atoms with Crippen molar-refractivity contribution in [3.05, 3.63) is 0 Å². The van der Waals surface area contributed by atoms with E-state index in [0.717, 1.165) is 25.7 Å². The first kappa shape index (κ1) is 14.3. The van der Waals surface area contributed by atoms with E-state index in [1.807, 2.05) is 0 Å². The summed E-state index contributed by atoms with van der Waals surface area (Å²) in [6.07, 6.45) is 3.21. The molecule has 108 valence electrons. The van der Waals surface area contributed by atoms with Gasteiger partial charge in [0.1, 0.15) is 0 Å². The van der Waals surface area contributed by atoms with E-state index in [9.17, 15) is 9.59 Å². The zero-order valence-corrected chi connectivity index (χ0v) is 11.1. The number of carbonyl (C=O) groups is 2. The van der Waals surface area contributed by atoms with Gasteiger partial charge in [0.2, 0.25) is 5.91 Å². The molecule has 1 aliphatic carbocycles. The number of amides is 1. The Morgan fingerprint density at radius 2 is 2.16 bits per heavy atom. The molecule has 2 fully saturated rings. The largest absolute Gasteiger partial charge is 0.481 e. The second kappa shape index (κ2) is 6.34. The molecule has 3 N–H and O–H groups in total. The lowest BCUT2D eigenvalue weighted by Gasteiger charge is -2.36. The number of ether oxygens (including phenoxy) is 1. The van der Waals surface area contributed by atoms with Crippen molar-refractivity contribution in [1.82, 2.24) is 4.90 Å². The molecule has 0 aromatic rings. The second-order valence-corrected chi connectivity index (χ2v) is 5.50. The molecule has 6 nitrogen and oxygen atoms in total. The smallest absolute Gasteiger partial charge is 0.306 e. The van der Waals surface area contributed by atoms with Crippen molar-refractivity contribution in [2.45, 2.75) is 44.2 Å². The number of morpholine rings is 1. The van der Waals surface area contributed by atoms with Crippen LogP contribution in [0.1, 0.15) is 32.1 Å². The Balaban J connectivity index is 1.89. The molecule has 2 rings (SSSR count). The van der Waals surface area contributed by atoms with Gasteiger partial charge < -0.3 is 20.5 Å². The lowest BCUT2D eigenvalue weighted by molar-refractivity contribution is -0.150. The van der Waals surface area contributed by atoms with Crippen molar-refractivity contribution >= 4 is 11.9 Å². The highest BCUT2D eigenvalue weighted by Crippen LogP contribution is 2.25. The number of nitrogens with zero attached hydrogens (tertiary/aromatic N) is 1. The Morgan fingerprint density at radius 3 is 2.84 bits per heavy atom. The van der Waals surface area contributed by atoms with E-state index in [1.165, 1.54) is 0 Å². The molecule has 6 heteroatoms. The van der Waals surface area contributed by atoms with Crippen LogP contribution in [-0.4, -0.2) is 53.7 Å². The topological polar surface area (TPSA) is 92.9 Å². The number of hydrogen-bond donors (Lipinski definition) is 2. The van der Waals surface area contributed by atoms with Crippen molar-refractivity contribution in [2.75, 3.05) is 19.7 Å². The molecule has 0 radical (unpaired) electrons. The molecule has 2 aliphatic rings. The van der Waals surface area contributed by atoms with Crippen molar-refractivity contribution in [3.8, 4) is 0 Å². The molecular formula is C13H22N2O4.